The molecule has 0 spiro atoms. The van der Waals surface area contributed by atoms with Gasteiger partial charge < -0.3 is 19.9 Å². The largest absolute Gasteiger partial charge is 0.493 e. The van der Waals surface area contributed by atoms with E-state index in [9.17, 15) is 9.59 Å². The number of carboxylic acid groups (broad SMARTS) is 1. The maximum atomic E-state index is 12.4. The van der Waals surface area contributed by atoms with Gasteiger partial charge in [0.15, 0.2) is 28.6 Å². The molecule has 0 bridgehead atoms. The monoisotopic (exact) mass is 468 g/mol. The summed E-state index contributed by atoms with van der Waals surface area (Å²) in [6.07, 6.45) is 1.29. The average Bonchev–Trinajstić information content (AvgIpc) is 3.21. The quantitative estimate of drug-likeness (QED) is 0.320. The Hall–Kier alpha value is -3.79. The minimum Gasteiger partial charge on any atom is -0.493 e. The fourth-order valence-electron chi connectivity index (χ4n) is 2.99. The standard InChI is InChI=1S/C23H24N4O5S/c1-4-13-27-21(15(2)32-19-8-6-5-7-18(19)31-3)25-26-23(27)33-14-20(28)24-17-11-9-16(10-12-17)22(29)30/h4-12,15H,1,13-14H2,2-3H3,(H,24,28)(H,29,30). The third-order valence-electron chi connectivity index (χ3n) is 4.54. The second kappa shape index (κ2) is 11.2. The van der Waals surface area contributed by atoms with Gasteiger partial charge in [0.25, 0.3) is 0 Å². The number of aromatic carboxylic acids is 1. The van der Waals surface area contributed by atoms with E-state index in [0.717, 1.165) is 0 Å². The Morgan fingerprint density at radius 3 is 2.52 bits per heavy atom. The number of carboxylic acids is 1. The molecule has 0 aliphatic heterocycles. The van der Waals surface area contributed by atoms with E-state index in [1.807, 2.05) is 35.8 Å². The fourth-order valence-corrected chi connectivity index (χ4v) is 3.75. The second-order valence-electron chi connectivity index (χ2n) is 6.87. The van der Waals surface area contributed by atoms with Crippen molar-refractivity contribution in [1.29, 1.82) is 0 Å². The molecule has 1 heterocycles. The molecular formula is C23H24N4O5S. The van der Waals surface area contributed by atoms with Gasteiger partial charge in [-0.25, -0.2) is 4.79 Å². The lowest BCUT2D eigenvalue weighted by molar-refractivity contribution is -0.113. The number of allylic oxidation sites excluding steroid dienone is 1. The van der Waals surface area contributed by atoms with Crippen LogP contribution >= 0.6 is 11.8 Å². The lowest BCUT2D eigenvalue weighted by Crippen LogP contribution is -2.15. The number of anilines is 1. The van der Waals surface area contributed by atoms with Crippen LogP contribution in [0, 0.1) is 0 Å². The summed E-state index contributed by atoms with van der Waals surface area (Å²) in [5, 5.41) is 20.7. The molecule has 0 saturated heterocycles. The molecule has 0 radical (unpaired) electrons. The molecule has 3 rings (SSSR count). The van der Waals surface area contributed by atoms with Crippen molar-refractivity contribution in [3.05, 3.63) is 72.6 Å². The van der Waals surface area contributed by atoms with E-state index in [-0.39, 0.29) is 17.2 Å². The minimum atomic E-state index is -1.02. The number of benzene rings is 2. The van der Waals surface area contributed by atoms with Crippen LogP contribution in [0.15, 0.2) is 66.3 Å². The number of ether oxygens (including phenoxy) is 2. The Kier molecular flexibility index (Phi) is 8.09. The molecule has 33 heavy (non-hydrogen) atoms. The summed E-state index contributed by atoms with van der Waals surface area (Å²) >= 11 is 1.23. The fraction of sp³-hybridized carbons (Fsp3) is 0.217. The first-order valence-electron chi connectivity index (χ1n) is 10.0. The van der Waals surface area contributed by atoms with E-state index in [4.69, 9.17) is 14.6 Å². The van der Waals surface area contributed by atoms with E-state index in [1.54, 1.807) is 25.3 Å². The van der Waals surface area contributed by atoms with E-state index in [2.05, 4.69) is 22.1 Å². The molecule has 2 N–H and O–H groups in total. The number of thioether (sulfide) groups is 1. The maximum Gasteiger partial charge on any atom is 0.335 e. The first kappa shape index (κ1) is 23.9. The molecule has 0 saturated carbocycles. The number of methoxy groups -OCH3 is 1. The first-order chi connectivity index (χ1) is 15.9. The molecule has 1 atom stereocenters. The molecule has 9 nitrogen and oxygen atoms in total. The first-order valence-corrected chi connectivity index (χ1v) is 11.0. The lowest BCUT2D eigenvalue weighted by atomic mass is 10.2. The van der Waals surface area contributed by atoms with Crippen molar-refractivity contribution in [2.24, 2.45) is 0 Å². The van der Waals surface area contributed by atoms with Gasteiger partial charge >= 0.3 is 5.97 Å². The molecule has 0 aliphatic rings. The molecule has 3 aromatic rings. The molecule has 2 aromatic carbocycles. The third kappa shape index (κ3) is 6.13. The average molecular weight is 469 g/mol. The summed E-state index contributed by atoms with van der Waals surface area (Å²) < 4.78 is 13.2. The van der Waals surface area contributed by atoms with Crippen molar-refractivity contribution in [1.82, 2.24) is 14.8 Å². The lowest BCUT2D eigenvalue weighted by Gasteiger charge is -2.17. The van der Waals surface area contributed by atoms with E-state index in [1.165, 1.54) is 23.9 Å². The number of aromatic nitrogens is 3. The summed E-state index contributed by atoms with van der Waals surface area (Å²) in [7, 11) is 1.58. The van der Waals surface area contributed by atoms with Crippen molar-refractivity contribution in [3.8, 4) is 11.5 Å². The van der Waals surface area contributed by atoms with Crippen molar-refractivity contribution in [3.63, 3.8) is 0 Å². The van der Waals surface area contributed by atoms with Crippen molar-refractivity contribution in [2.45, 2.75) is 24.7 Å². The van der Waals surface area contributed by atoms with Gasteiger partial charge in [-0.05, 0) is 43.3 Å². The molecule has 1 unspecified atom stereocenters. The van der Waals surface area contributed by atoms with Gasteiger partial charge in [-0.1, -0.05) is 30.0 Å². The SMILES string of the molecule is C=CCn1c(SCC(=O)Nc2ccc(C(=O)O)cc2)nnc1C(C)Oc1ccccc1OC. The van der Waals surface area contributed by atoms with Crippen LogP contribution in [-0.4, -0.2) is 44.6 Å². The summed E-state index contributed by atoms with van der Waals surface area (Å²) in [5.41, 5.74) is 0.662. The van der Waals surface area contributed by atoms with Crippen LogP contribution in [-0.2, 0) is 11.3 Å². The highest BCUT2D eigenvalue weighted by Gasteiger charge is 2.21. The third-order valence-corrected chi connectivity index (χ3v) is 5.51. The molecule has 1 amide bonds. The Bertz CT molecular complexity index is 1130. The number of nitrogens with zero attached hydrogens (tertiary/aromatic N) is 3. The van der Waals surface area contributed by atoms with Crippen LogP contribution in [0.25, 0.3) is 0 Å². The van der Waals surface area contributed by atoms with Crippen LogP contribution in [0.3, 0.4) is 0 Å². The maximum absolute atomic E-state index is 12.4. The highest BCUT2D eigenvalue weighted by atomic mass is 32.2. The van der Waals surface area contributed by atoms with Crippen molar-refractivity contribution >= 4 is 29.3 Å². The van der Waals surface area contributed by atoms with Gasteiger partial charge in [-0.3, -0.25) is 9.36 Å². The van der Waals surface area contributed by atoms with Gasteiger partial charge in [-0.2, -0.15) is 0 Å². The van der Waals surface area contributed by atoms with E-state index in [0.29, 0.717) is 34.7 Å². The number of hydrogen-bond acceptors (Lipinski definition) is 7. The van der Waals surface area contributed by atoms with Gasteiger partial charge in [0.2, 0.25) is 5.91 Å². The Balaban J connectivity index is 1.66. The van der Waals surface area contributed by atoms with Gasteiger partial charge in [0.05, 0.1) is 18.4 Å². The predicted octanol–water partition coefficient (Wildman–Crippen LogP) is 4.04. The molecule has 1 aromatic heterocycles. The van der Waals surface area contributed by atoms with Crippen LogP contribution < -0.4 is 14.8 Å². The van der Waals surface area contributed by atoms with E-state index < -0.39 is 12.1 Å². The summed E-state index contributed by atoms with van der Waals surface area (Å²) in [6.45, 7) is 6.10. The Morgan fingerprint density at radius 2 is 1.88 bits per heavy atom. The highest BCUT2D eigenvalue weighted by Crippen LogP contribution is 2.31. The van der Waals surface area contributed by atoms with Gasteiger partial charge in [0, 0.05) is 12.2 Å². The number of carbonyl (C=O) groups excluding carboxylic acids is 1. The summed E-state index contributed by atoms with van der Waals surface area (Å²) in [5.74, 6) is 0.608. The molecule has 172 valence electrons. The number of rotatable bonds is 11. The smallest absolute Gasteiger partial charge is 0.335 e. The molecule has 10 heteroatoms. The van der Waals surface area contributed by atoms with Gasteiger partial charge in [0.1, 0.15) is 0 Å². The normalized spacial score (nSPS) is 11.5. The topological polar surface area (TPSA) is 116 Å². The number of carbonyl (C=O) groups is 2. The van der Waals surface area contributed by atoms with Crippen LogP contribution in [0.4, 0.5) is 5.69 Å². The van der Waals surface area contributed by atoms with E-state index >= 15 is 0 Å². The highest BCUT2D eigenvalue weighted by molar-refractivity contribution is 7.99. The Labute approximate surface area is 195 Å². The van der Waals surface area contributed by atoms with Gasteiger partial charge in [-0.15, -0.1) is 16.8 Å². The molecule has 0 fully saturated rings. The zero-order chi connectivity index (χ0) is 23.8. The molecule has 0 aliphatic carbocycles. The summed E-state index contributed by atoms with van der Waals surface area (Å²) in [6, 6.07) is 13.3. The van der Waals surface area contributed by atoms with Crippen molar-refractivity contribution in [2.75, 3.05) is 18.2 Å². The Morgan fingerprint density at radius 1 is 1.18 bits per heavy atom. The summed E-state index contributed by atoms with van der Waals surface area (Å²) in [4.78, 5) is 23.3. The zero-order valence-corrected chi connectivity index (χ0v) is 19.0. The zero-order valence-electron chi connectivity index (χ0n) is 18.2. The number of nitrogens with one attached hydrogen (secondary N) is 1. The predicted molar refractivity (Wildman–Crippen MR) is 125 cm³/mol. The second-order valence-corrected chi connectivity index (χ2v) is 7.81. The van der Waals surface area contributed by atoms with Crippen LogP contribution in [0.2, 0.25) is 0 Å². The van der Waals surface area contributed by atoms with Crippen molar-refractivity contribution < 1.29 is 24.2 Å². The van der Waals surface area contributed by atoms with Crippen LogP contribution in [0.5, 0.6) is 11.5 Å². The minimum absolute atomic E-state index is 0.0949. The number of amides is 1. The number of hydrogen-bond donors (Lipinski definition) is 2. The number of para-hydroxylation sites is 2. The molecular weight excluding hydrogens is 444 g/mol. The van der Waals surface area contributed by atoms with Crippen LogP contribution in [0.1, 0.15) is 29.2 Å².